The van der Waals surface area contributed by atoms with Crippen LogP contribution < -0.4 is 5.84 Å². The van der Waals surface area contributed by atoms with E-state index < -0.39 is 6.03 Å². The first-order valence-corrected chi connectivity index (χ1v) is 2.67. The van der Waals surface area contributed by atoms with Gasteiger partial charge in [0.05, 0.1) is 12.6 Å². The minimum absolute atomic E-state index is 0.0349. The van der Waals surface area contributed by atoms with Gasteiger partial charge in [0.2, 0.25) is 0 Å². The van der Waals surface area contributed by atoms with Crippen molar-refractivity contribution in [2.24, 2.45) is 16.1 Å². The number of hydrogen-bond acceptors (Lipinski definition) is 3. The first kappa shape index (κ1) is 6.15. The molecule has 0 radical (unpaired) electrons. The number of amides is 2. The number of azo groups is 1. The minimum Gasteiger partial charge on any atom is -0.257 e. The van der Waals surface area contributed by atoms with E-state index in [2.05, 4.69) is 10.2 Å². The first-order chi connectivity index (χ1) is 4.20. The molecule has 1 aliphatic heterocycles. The van der Waals surface area contributed by atoms with Gasteiger partial charge < -0.3 is 0 Å². The Balaban J connectivity index is 2.65. The lowest BCUT2D eigenvalue weighted by molar-refractivity contribution is 0.196. The molecule has 0 spiro atoms. The molecular weight excluding hydrogens is 120 g/mol. The van der Waals surface area contributed by atoms with Crippen LogP contribution in [0.1, 0.15) is 6.92 Å². The molecule has 0 fully saturated rings. The molecular formula is C4H8N4O. The maximum Gasteiger partial charge on any atom is 0.376 e. The van der Waals surface area contributed by atoms with Gasteiger partial charge in [-0.05, 0) is 6.92 Å². The highest BCUT2D eigenvalue weighted by atomic mass is 16.2. The molecule has 1 aliphatic rings. The van der Waals surface area contributed by atoms with Crippen molar-refractivity contribution >= 4 is 6.03 Å². The highest BCUT2D eigenvalue weighted by molar-refractivity contribution is 5.74. The average molecular weight is 128 g/mol. The quantitative estimate of drug-likeness (QED) is 0.372. The van der Waals surface area contributed by atoms with Crippen LogP contribution in [0.15, 0.2) is 10.2 Å². The summed E-state index contributed by atoms with van der Waals surface area (Å²) in [6, 6.07) is -0.430. The SMILES string of the molecule is C[C@@H]1CN(N)C(=O)N=N1. The second-order valence-electron chi connectivity index (χ2n) is 2.00. The normalized spacial score (nSPS) is 27.1. The van der Waals surface area contributed by atoms with Crippen LogP contribution in [0.4, 0.5) is 4.79 Å². The van der Waals surface area contributed by atoms with Crippen molar-refractivity contribution in [3.63, 3.8) is 0 Å². The number of carbonyl (C=O) groups excluding carboxylic acids is 1. The Bertz CT molecular complexity index is 155. The standard InChI is InChI=1S/C4H8N4O/c1-3-2-8(5)4(9)7-6-3/h3H,2,5H2,1H3/t3-/m1/s1. The van der Waals surface area contributed by atoms with Crippen LogP contribution in [0, 0.1) is 0 Å². The predicted molar refractivity (Wildman–Crippen MR) is 30.6 cm³/mol. The molecule has 0 aromatic heterocycles. The molecule has 5 heteroatoms. The van der Waals surface area contributed by atoms with Gasteiger partial charge in [0, 0.05) is 0 Å². The lowest BCUT2D eigenvalue weighted by Crippen LogP contribution is -2.42. The number of nitrogens with zero attached hydrogens (tertiary/aromatic N) is 3. The summed E-state index contributed by atoms with van der Waals surface area (Å²) >= 11 is 0. The van der Waals surface area contributed by atoms with Gasteiger partial charge in [0.15, 0.2) is 0 Å². The zero-order valence-corrected chi connectivity index (χ0v) is 5.11. The molecule has 0 saturated heterocycles. The second kappa shape index (κ2) is 2.10. The van der Waals surface area contributed by atoms with Gasteiger partial charge in [0.1, 0.15) is 0 Å². The Labute approximate surface area is 52.5 Å². The van der Waals surface area contributed by atoms with Gasteiger partial charge in [-0.2, -0.15) is 5.11 Å². The summed E-state index contributed by atoms with van der Waals surface area (Å²) in [7, 11) is 0. The molecule has 1 atom stereocenters. The van der Waals surface area contributed by atoms with Crippen molar-refractivity contribution in [3.8, 4) is 0 Å². The predicted octanol–water partition coefficient (Wildman–Crippen LogP) is 0.136. The molecule has 50 valence electrons. The maximum absolute atomic E-state index is 10.5. The fraction of sp³-hybridized carbons (Fsp3) is 0.750. The molecule has 1 heterocycles. The van der Waals surface area contributed by atoms with Crippen LogP contribution >= 0.6 is 0 Å². The van der Waals surface area contributed by atoms with E-state index in [-0.39, 0.29) is 6.04 Å². The Morgan fingerprint density at radius 2 is 2.56 bits per heavy atom. The van der Waals surface area contributed by atoms with E-state index >= 15 is 0 Å². The Kier molecular flexibility index (Phi) is 1.44. The van der Waals surface area contributed by atoms with Gasteiger partial charge in [-0.1, -0.05) is 5.11 Å². The number of nitrogens with two attached hydrogens (primary N) is 1. The Morgan fingerprint density at radius 1 is 1.89 bits per heavy atom. The zero-order chi connectivity index (χ0) is 6.85. The highest BCUT2D eigenvalue weighted by Gasteiger charge is 2.16. The third-order valence-corrected chi connectivity index (χ3v) is 1.05. The topological polar surface area (TPSA) is 71.0 Å². The molecule has 0 aromatic rings. The molecule has 1 rings (SSSR count). The smallest absolute Gasteiger partial charge is 0.257 e. The summed E-state index contributed by atoms with van der Waals surface area (Å²) in [6.07, 6.45) is 0. The summed E-state index contributed by atoms with van der Waals surface area (Å²) in [4.78, 5) is 10.5. The molecule has 5 nitrogen and oxygen atoms in total. The van der Waals surface area contributed by atoms with Crippen LogP contribution in [0.3, 0.4) is 0 Å². The van der Waals surface area contributed by atoms with E-state index in [9.17, 15) is 4.79 Å². The van der Waals surface area contributed by atoms with E-state index in [1.165, 1.54) is 0 Å². The largest absolute Gasteiger partial charge is 0.376 e. The van der Waals surface area contributed by atoms with Crippen molar-refractivity contribution in [1.82, 2.24) is 5.01 Å². The van der Waals surface area contributed by atoms with Gasteiger partial charge >= 0.3 is 6.03 Å². The monoisotopic (exact) mass is 128 g/mol. The van der Waals surface area contributed by atoms with Crippen molar-refractivity contribution in [3.05, 3.63) is 0 Å². The van der Waals surface area contributed by atoms with Crippen LogP contribution in [0.5, 0.6) is 0 Å². The number of urea groups is 1. The molecule has 2 N–H and O–H groups in total. The third kappa shape index (κ3) is 1.23. The third-order valence-electron chi connectivity index (χ3n) is 1.05. The van der Waals surface area contributed by atoms with Crippen LogP contribution in [0.25, 0.3) is 0 Å². The van der Waals surface area contributed by atoms with Crippen LogP contribution in [-0.4, -0.2) is 23.6 Å². The number of carbonyl (C=O) groups is 1. The van der Waals surface area contributed by atoms with Gasteiger partial charge in [0.25, 0.3) is 0 Å². The van der Waals surface area contributed by atoms with Crippen molar-refractivity contribution in [1.29, 1.82) is 0 Å². The van der Waals surface area contributed by atoms with Crippen molar-refractivity contribution < 1.29 is 4.79 Å². The van der Waals surface area contributed by atoms with Gasteiger partial charge in [-0.15, -0.1) is 0 Å². The second-order valence-corrected chi connectivity index (χ2v) is 2.00. The summed E-state index contributed by atoms with van der Waals surface area (Å²) in [5.41, 5.74) is 0. The lowest BCUT2D eigenvalue weighted by Gasteiger charge is -2.18. The Morgan fingerprint density at radius 3 is 3.00 bits per heavy atom. The molecule has 0 saturated carbocycles. The highest BCUT2D eigenvalue weighted by Crippen LogP contribution is 2.01. The molecule has 0 aliphatic carbocycles. The van der Waals surface area contributed by atoms with Gasteiger partial charge in [-0.3, -0.25) is 5.01 Å². The maximum atomic E-state index is 10.5. The fourth-order valence-electron chi connectivity index (χ4n) is 0.605. The molecule has 0 unspecified atom stereocenters. The number of hydrazine groups is 1. The van der Waals surface area contributed by atoms with Crippen molar-refractivity contribution in [2.45, 2.75) is 13.0 Å². The summed E-state index contributed by atoms with van der Waals surface area (Å²) < 4.78 is 0. The van der Waals surface area contributed by atoms with E-state index in [0.29, 0.717) is 6.54 Å². The average Bonchev–Trinajstić information content (AvgIpc) is 1.80. The molecule has 9 heavy (non-hydrogen) atoms. The summed E-state index contributed by atoms with van der Waals surface area (Å²) in [5, 5.41) is 7.95. The summed E-state index contributed by atoms with van der Waals surface area (Å²) in [5.74, 6) is 5.20. The molecule has 0 bridgehead atoms. The van der Waals surface area contributed by atoms with Gasteiger partial charge in [-0.25, -0.2) is 10.6 Å². The van der Waals surface area contributed by atoms with Crippen LogP contribution in [0.2, 0.25) is 0 Å². The Hall–Kier alpha value is -0.970. The summed E-state index contributed by atoms with van der Waals surface area (Å²) in [6.45, 7) is 2.30. The lowest BCUT2D eigenvalue weighted by atomic mass is 10.3. The molecule has 2 amide bonds. The first-order valence-electron chi connectivity index (χ1n) is 2.67. The fourth-order valence-corrected chi connectivity index (χ4v) is 0.605. The minimum atomic E-state index is -0.465. The van der Waals surface area contributed by atoms with Crippen molar-refractivity contribution in [2.75, 3.05) is 6.54 Å². The molecule has 0 aromatic carbocycles. The van der Waals surface area contributed by atoms with E-state index in [1.807, 2.05) is 6.92 Å². The number of rotatable bonds is 0. The number of hydrogen-bond donors (Lipinski definition) is 1. The zero-order valence-electron chi connectivity index (χ0n) is 5.11. The van der Waals surface area contributed by atoms with E-state index in [0.717, 1.165) is 5.01 Å². The van der Waals surface area contributed by atoms with E-state index in [1.54, 1.807) is 0 Å². The van der Waals surface area contributed by atoms with Crippen LogP contribution in [-0.2, 0) is 0 Å². The van der Waals surface area contributed by atoms with E-state index in [4.69, 9.17) is 5.84 Å².